The molecule has 20 heavy (non-hydrogen) atoms. The summed E-state index contributed by atoms with van der Waals surface area (Å²) in [7, 11) is 3.50. The number of thiazole rings is 1. The molecule has 1 aliphatic heterocycles. The van der Waals surface area contributed by atoms with E-state index in [0.717, 1.165) is 29.8 Å². The molecule has 0 aromatic carbocycles. The molecule has 1 atom stereocenters. The summed E-state index contributed by atoms with van der Waals surface area (Å²) in [4.78, 5) is 11.0. The number of nitrogens with zero attached hydrogens (tertiary/aromatic N) is 3. The third kappa shape index (κ3) is 4.16. The Labute approximate surface area is 123 Å². The van der Waals surface area contributed by atoms with Crippen molar-refractivity contribution in [1.82, 2.24) is 15.2 Å². The first-order chi connectivity index (χ1) is 9.72. The first-order valence-corrected chi connectivity index (χ1v) is 7.58. The molecule has 1 fully saturated rings. The second-order valence-electron chi connectivity index (χ2n) is 4.68. The van der Waals surface area contributed by atoms with Crippen molar-refractivity contribution in [2.75, 3.05) is 40.5 Å². The Morgan fingerprint density at radius 3 is 3.20 bits per heavy atom. The third-order valence-electron chi connectivity index (χ3n) is 3.07. The number of aryl methyl sites for hydroxylation is 1. The number of guanidine groups is 1. The van der Waals surface area contributed by atoms with Gasteiger partial charge in [-0.05, 0) is 6.92 Å². The van der Waals surface area contributed by atoms with Gasteiger partial charge in [0.25, 0.3) is 0 Å². The lowest BCUT2D eigenvalue weighted by Crippen LogP contribution is -2.51. The van der Waals surface area contributed by atoms with Crippen LogP contribution in [0.5, 0.6) is 0 Å². The number of ether oxygens (including phenoxy) is 2. The Morgan fingerprint density at radius 1 is 1.70 bits per heavy atom. The smallest absolute Gasteiger partial charge is 0.194 e. The molecule has 112 valence electrons. The average Bonchev–Trinajstić information content (AvgIpc) is 2.86. The van der Waals surface area contributed by atoms with Gasteiger partial charge in [-0.15, -0.1) is 11.3 Å². The van der Waals surface area contributed by atoms with Crippen molar-refractivity contribution >= 4 is 17.3 Å². The summed E-state index contributed by atoms with van der Waals surface area (Å²) in [6.07, 6.45) is 0.106. The van der Waals surface area contributed by atoms with Crippen LogP contribution in [0.4, 0.5) is 0 Å². The van der Waals surface area contributed by atoms with E-state index in [0.29, 0.717) is 19.8 Å². The van der Waals surface area contributed by atoms with Gasteiger partial charge in [-0.2, -0.15) is 0 Å². The Morgan fingerprint density at radius 2 is 2.55 bits per heavy atom. The van der Waals surface area contributed by atoms with E-state index in [2.05, 4.69) is 25.6 Å². The second-order valence-corrected chi connectivity index (χ2v) is 5.62. The van der Waals surface area contributed by atoms with Crippen LogP contribution in [-0.2, 0) is 16.0 Å². The van der Waals surface area contributed by atoms with Gasteiger partial charge in [0.05, 0.1) is 25.9 Å². The van der Waals surface area contributed by atoms with Gasteiger partial charge >= 0.3 is 0 Å². The molecule has 1 saturated heterocycles. The van der Waals surface area contributed by atoms with E-state index in [-0.39, 0.29) is 6.10 Å². The zero-order valence-corrected chi connectivity index (χ0v) is 13.1. The van der Waals surface area contributed by atoms with Crippen molar-refractivity contribution < 1.29 is 9.47 Å². The number of morpholine rings is 1. The molecule has 2 heterocycles. The van der Waals surface area contributed by atoms with Gasteiger partial charge in [-0.3, -0.25) is 4.99 Å². The normalized spacial score (nSPS) is 20.2. The fourth-order valence-electron chi connectivity index (χ4n) is 2.17. The van der Waals surface area contributed by atoms with Crippen molar-refractivity contribution in [2.45, 2.75) is 19.6 Å². The molecule has 7 heteroatoms. The summed E-state index contributed by atoms with van der Waals surface area (Å²) in [5.74, 6) is 0.891. The van der Waals surface area contributed by atoms with Gasteiger partial charge < -0.3 is 19.7 Å². The van der Waals surface area contributed by atoms with Gasteiger partial charge in [0.15, 0.2) is 5.96 Å². The van der Waals surface area contributed by atoms with Gasteiger partial charge in [0.1, 0.15) is 5.01 Å². The lowest BCUT2D eigenvalue weighted by molar-refractivity contribution is -0.0447. The highest BCUT2D eigenvalue weighted by Crippen LogP contribution is 2.09. The van der Waals surface area contributed by atoms with Crippen molar-refractivity contribution in [3.8, 4) is 0 Å². The molecule has 1 aromatic rings. The minimum Gasteiger partial charge on any atom is -0.382 e. The Bertz CT molecular complexity index is 447. The number of rotatable bonds is 4. The minimum absolute atomic E-state index is 0.106. The van der Waals surface area contributed by atoms with Gasteiger partial charge in [0.2, 0.25) is 0 Å². The Kier molecular flexibility index (Phi) is 5.75. The topological polar surface area (TPSA) is 59.0 Å². The second kappa shape index (κ2) is 7.56. The number of hydrogen-bond donors (Lipinski definition) is 1. The molecule has 0 radical (unpaired) electrons. The number of hydrogen-bond acceptors (Lipinski definition) is 5. The quantitative estimate of drug-likeness (QED) is 0.660. The van der Waals surface area contributed by atoms with E-state index < -0.39 is 0 Å². The summed E-state index contributed by atoms with van der Waals surface area (Å²) < 4.78 is 10.8. The van der Waals surface area contributed by atoms with Crippen LogP contribution in [0, 0.1) is 6.92 Å². The maximum Gasteiger partial charge on any atom is 0.194 e. The molecule has 0 amide bonds. The molecule has 0 aliphatic carbocycles. The summed E-state index contributed by atoms with van der Waals surface area (Å²) in [5.41, 5.74) is 1.06. The molecule has 0 bridgehead atoms. The summed E-state index contributed by atoms with van der Waals surface area (Å²) in [5, 5.41) is 6.49. The van der Waals surface area contributed by atoms with Crippen molar-refractivity contribution in [1.29, 1.82) is 0 Å². The van der Waals surface area contributed by atoms with Gasteiger partial charge in [-0.1, -0.05) is 0 Å². The Balaban J connectivity index is 1.87. The summed E-state index contributed by atoms with van der Waals surface area (Å²) in [6, 6.07) is 0. The predicted molar refractivity (Wildman–Crippen MR) is 80.2 cm³/mol. The number of methoxy groups -OCH3 is 1. The first kappa shape index (κ1) is 15.2. The maximum atomic E-state index is 5.65. The van der Waals surface area contributed by atoms with Crippen molar-refractivity contribution in [2.24, 2.45) is 4.99 Å². The molecule has 1 unspecified atom stereocenters. The lowest BCUT2D eigenvalue weighted by Gasteiger charge is -2.34. The highest BCUT2D eigenvalue weighted by atomic mass is 32.1. The number of aliphatic imine (C=N–C) groups is 1. The Hall–Kier alpha value is -1.18. The van der Waals surface area contributed by atoms with Crippen LogP contribution in [0.25, 0.3) is 0 Å². The lowest BCUT2D eigenvalue weighted by atomic mass is 10.3. The molecule has 6 nitrogen and oxygen atoms in total. The molecule has 1 N–H and O–H groups in total. The van der Waals surface area contributed by atoms with E-state index in [9.17, 15) is 0 Å². The number of nitrogens with one attached hydrogen (secondary N) is 1. The molecule has 1 aliphatic rings. The highest BCUT2D eigenvalue weighted by molar-refractivity contribution is 7.09. The largest absolute Gasteiger partial charge is 0.382 e. The SMILES string of the molecule is CN=C(NCc1nc(C)cs1)N1CCOC(COC)C1. The number of aromatic nitrogens is 1. The maximum absolute atomic E-state index is 5.65. The van der Waals surface area contributed by atoms with Crippen LogP contribution >= 0.6 is 11.3 Å². The molecule has 0 spiro atoms. The zero-order chi connectivity index (χ0) is 14.4. The van der Waals surface area contributed by atoms with E-state index in [4.69, 9.17) is 9.47 Å². The van der Waals surface area contributed by atoms with Gasteiger partial charge in [0, 0.05) is 38.3 Å². The first-order valence-electron chi connectivity index (χ1n) is 6.70. The predicted octanol–water partition coefficient (Wildman–Crippen LogP) is 0.874. The van der Waals surface area contributed by atoms with E-state index in [1.807, 2.05) is 6.92 Å². The summed E-state index contributed by atoms with van der Waals surface area (Å²) >= 11 is 1.67. The van der Waals surface area contributed by atoms with E-state index in [1.165, 1.54) is 0 Å². The molecular formula is C13H22N4O2S. The fraction of sp³-hybridized carbons (Fsp3) is 0.692. The van der Waals surface area contributed by atoms with Crippen LogP contribution in [0.3, 0.4) is 0 Å². The zero-order valence-electron chi connectivity index (χ0n) is 12.3. The van der Waals surface area contributed by atoms with Crippen molar-refractivity contribution in [3.05, 3.63) is 16.1 Å². The standard InChI is InChI=1S/C13H22N4O2S/c1-10-9-20-12(16-10)6-15-13(14-2)17-4-5-19-11(7-17)8-18-3/h9,11H,4-8H2,1-3H3,(H,14,15). The highest BCUT2D eigenvalue weighted by Gasteiger charge is 2.22. The third-order valence-corrected chi connectivity index (χ3v) is 4.03. The van der Waals surface area contributed by atoms with E-state index >= 15 is 0 Å². The molecular weight excluding hydrogens is 276 g/mol. The van der Waals surface area contributed by atoms with Crippen LogP contribution in [0.15, 0.2) is 10.4 Å². The van der Waals surface area contributed by atoms with E-state index in [1.54, 1.807) is 25.5 Å². The fourth-order valence-corrected chi connectivity index (χ4v) is 2.88. The van der Waals surface area contributed by atoms with Crippen LogP contribution in [-0.4, -0.2) is 62.4 Å². The average molecular weight is 298 g/mol. The van der Waals surface area contributed by atoms with Gasteiger partial charge in [-0.25, -0.2) is 4.98 Å². The van der Waals surface area contributed by atoms with Crippen LogP contribution in [0.2, 0.25) is 0 Å². The van der Waals surface area contributed by atoms with Crippen LogP contribution < -0.4 is 5.32 Å². The minimum atomic E-state index is 0.106. The van der Waals surface area contributed by atoms with Crippen LogP contribution in [0.1, 0.15) is 10.7 Å². The molecule has 0 saturated carbocycles. The monoisotopic (exact) mass is 298 g/mol. The van der Waals surface area contributed by atoms with Crippen molar-refractivity contribution in [3.63, 3.8) is 0 Å². The molecule has 1 aromatic heterocycles. The molecule has 2 rings (SSSR count). The summed E-state index contributed by atoms with van der Waals surface area (Å²) in [6.45, 7) is 5.66.